The minimum absolute atomic E-state index is 0.207. The Labute approximate surface area is 183 Å². The summed E-state index contributed by atoms with van der Waals surface area (Å²) in [4.78, 5) is 33.4. The van der Waals surface area contributed by atoms with Gasteiger partial charge < -0.3 is 14.1 Å². The molecule has 3 aromatic rings. The highest BCUT2D eigenvalue weighted by atomic mass is 32.1. The van der Waals surface area contributed by atoms with Gasteiger partial charge in [0.25, 0.3) is 5.56 Å². The van der Waals surface area contributed by atoms with Crippen molar-refractivity contribution < 1.29 is 13.9 Å². The number of hydrogen-bond donors (Lipinski definition) is 0. The second-order valence-corrected chi connectivity index (χ2v) is 8.35. The summed E-state index contributed by atoms with van der Waals surface area (Å²) in [6.07, 6.45) is 4.90. The number of allylic oxidation sites excluding steroid dienone is 1. The van der Waals surface area contributed by atoms with Crippen LogP contribution in [0.25, 0.3) is 6.08 Å². The van der Waals surface area contributed by atoms with Crippen molar-refractivity contribution >= 4 is 29.1 Å². The summed E-state index contributed by atoms with van der Waals surface area (Å²) >= 11 is 1.29. The normalized spacial score (nSPS) is 16.1. The predicted octanol–water partition coefficient (Wildman–Crippen LogP) is 2.46. The van der Waals surface area contributed by atoms with Gasteiger partial charge in [-0.05, 0) is 43.7 Å². The minimum atomic E-state index is -0.613. The molecule has 0 N–H and O–H groups in total. The number of ether oxygens (including phenoxy) is 1. The van der Waals surface area contributed by atoms with Gasteiger partial charge in [-0.1, -0.05) is 23.5 Å². The molecule has 7 nitrogen and oxygen atoms in total. The van der Waals surface area contributed by atoms with Crippen molar-refractivity contribution in [1.29, 1.82) is 0 Å². The van der Waals surface area contributed by atoms with E-state index in [1.165, 1.54) is 11.3 Å². The maximum absolute atomic E-state index is 13.4. The van der Waals surface area contributed by atoms with Gasteiger partial charge >= 0.3 is 5.97 Å². The first-order chi connectivity index (χ1) is 14.9. The van der Waals surface area contributed by atoms with Gasteiger partial charge in [0.15, 0.2) is 4.80 Å². The minimum Gasteiger partial charge on any atom is -0.472 e. The Morgan fingerprint density at radius 3 is 2.65 bits per heavy atom. The lowest BCUT2D eigenvalue weighted by molar-refractivity contribution is -0.139. The van der Waals surface area contributed by atoms with Crippen LogP contribution in [0.5, 0.6) is 0 Å². The van der Waals surface area contributed by atoms with Gasteiger partial charge in [0.05, 0.1) is 41.0 Å². The Balaban J connectivity index is 1.94. The van der Waals surface area contributed by atoms with E-state index >= 15 is 0 Å². The first-order valence-corrected chi connectivity index (χ1v) is 10.7. The van der Waals surface area contributed by atoms with Crippen LogP contribution in [-0.2, 0) is 9.53 Å². The highest BCUT2D eigenvalue weighted by Gasteiger charge is 2.33. The number of aromatic nitrogens is 1. The van der Waals surface area contributed by atoms with E-state index in [9.17, 15) is 9.59 Å². The van der Waals surface area contributed by atoms with E-state index in [4.69, 9.17) is 9.15 Å². The van der Waals surface area contributed by atoms with E-state index in [0.29, 0.717) is 20.6 Å². The number of anilines is 1. The molecule has 1 aliphatic rings. The zero-order valence-electron chi connectivity index (χ0n) is 17.8. The molecule has 1 aliphatic heterocycles. The van der Waals surface area contributed by atoms with Crippen LogP contribution in [0, 0.1) is 0 Å². The molecule has 1 atom stereocenters. The molecule has 0 unspecified atom stereocenters. The number of carbonyl (C=O) groups is 1. The van der Waals surface area contributed by atoms with Gasteiger partial charge in [-0.2, -0.15) is 0 Å². The van der Waals surface area contributed by atoms with E-state index in [1.807, 2.05) is 43.3 Å². The lowest BCUT2D eigenvalue weighted by Gasteiger charge is -2.25. The Kier molecular flexibility index (Phi) is 5.65. The van der Waals surface area contributed by atoms with E-state index in [1.54, 1.807) is 43.1 Å². The predicted molar refractivity (Wildman–Crippen MR) is 120 cm³/mol. The molecular formula is C23H23N3O4S. The third-order valence-electron chi connectivity index (χ3n) is 5.08. The number of fused-ring (bicyclic) bond motifs is 1. The molecule has 0 aliphatic carbocycles. The van der Waals surface area contributed by atoms with Crippen LogP contribution in [0.1, 0.15) is 31.0 Å². The quantitative estimate of drug-likeness (QED) is 0.573. The number of thiazole rings is 1. The first kappa shape index (κ1) is 20.9. The van der Waals surface area contributed by atoms with Crippen molar-refractivity contribution in [3.8, 4) is 0 Å². The van der Waals surface area contributed by atoms with Crippen molar-refractivity contribution in [3.05, 3.63) is 84.9 Å². The van der Waals surface area contributed by atoms with Gasteiger partial charge in [0.2, 0.25) is 0 Å². The van der Waals surface area contributed by atoms with E-state index < -0.39 is 12.0 Å². The average Bonchev–Trinajstić information content (AvgIpc) is 3.35. The lowest BCUT2D eigenvalue weighted by atomic mass is 9.95. The van der Waals surface area contributed by atoms with Crippen molar-refractivity contribution in [2.75, 3.05) is 25.6 Å². The van der Waals surface area contributed by atoms with Crippen LogP contribution in [0.15, 0.2) is 68.3 Å². The highest BCUT2D eigenvalue weighted by molar-refractivity contribution is 7.07. The van der Waals surface area contributed by atoms with Gasteiger partial charge in [-0.25, -0.2) is 9.79 Å². The molecule has 0 bridgehead atoms. The number of furan rings is 1. The number of rotatable bonds is 5. The second kappa shape index (κ2) is 8.39. The molecular weight excluding hydrogens is 414 g/mol. The van der Waals surface area contributed by atoms with Crippen LogP contribution in [0.4, 0.5) is 5.69 Å². The summed E-state index contributed by atoms with van der Waals surface area (Å²) in [7, 11) is 3.92. The molecule has 4 rings (SSSR count). The van der Waals surface area contributed by atoms with E-state index in [0.717, 1.165) is 16.8 Å². The smallest absolute Gasteiger partial charge is 0.338 e. The average molecular weight is 438 g/mol. The van der Waals surface area contributed by atoms with Crippen LogP contribution in [0.3, 0.4) is 0 Å². The molecule has 0 saturated carbocycles. The Hall–Kier alpha value is -3.39. The summed E-state index contributed by atoms with van der Waals surface area (Å²) in [6.45, 7) is 3.78. The molecule has 0 radical (unpaired) electrons. The Morgan fingerprint density at radius 2 is 2.03 bits per heavy atom. The summed E-state index contributed by atoms with van der Waals surface area (Å²) in [5.74, 6) is -0.463. The fraction of sp³-hybridized carbons (Fsp3) is 0.261. The summed E-state index contributed by atoms with van der Waals surface area (Å²) in [5, 5.41) is 0. The Morgan fingerprint density at radius 1 is 1.29 bits per heavy atom. The number of carbonyl (C=O) groups excluding carboxylic acids is 1. The monoisotopic (exact) mass is 437 g/mol. The van der Waals surface area contributed by atoms with E-state index in [2.05, 4.69) is 4.99 Å². The Bertz CT molecular complexity index is 1310. The van der Waals surface area contributed by atoms with Gasteiger partial charge in [0.1, 0.15) is 0 Å². The molecule has 31 heavy (non-hydrogen) atoms. The molecule has 0 spiro atoms. The summed E-state index contributed by atoms with van der Waals surface area (Å²) < 4.78 is 12.5. The highest BCUT2D eigenvalue weighted by Crippen LogP contribution is 2.31. The molecule has 0 amide bonds. The lowest BCUT2D eigenvalue weighted by Crippen LogP contribution is -2.39. The molecule has 0 saturated heterocycles. The molecule has 1 aromatic carbocycles. The van der Waals surface area contributed by atoms with Crippen molar-refractivity contribution in [1.82, 2.24) is 4.57 Å². The SMILES string of the molecule is CCOC(=O)C1=C(C)N=c2s/c(=C/c3ccoc3)c(=O)n2[C@@H]1c1ccc(N(C)C)cc1. The number of hydrogen-bond acceptors (Lipinski definition) is 7. The number of nitrogens with zero attached hydrogens (tertiary/aromatic N) is 3. The van der Waals surface area contributed by atoms with Crippen LogP contribution in [0.2, 0.25) is 0 Å². The molecule has 3 heterocycles. The van der Waals surface area contributed by atoms with Crippen LogP contribution in [-0.4, -0.2) is 31.2 Å². The molecule has 160 valence electrons. The largest absolute Gasteiger partial charge is 0.472 e. The third kappa shape index (κ3) is 3.86. The van der Waals surface area contributed by atoms with Gasteiger partial charge in [-0.3, -0.25) is 9.36 Å². The topological polar surface area (TPSA) is 77.0 Å². The third-order valence-corrected chi connectivity index (χ3v) is 6.07. The van der Waals surface area contributed by atoms with Crippen molar-refractivity contribution in [2.45, 2.75) is 19.9 Å². The fourth-order valence-electron chi connectivity index (χ4n) is 3.57. The second-order valence-electron chi connectivity index (χ2n) is 7.34. The van der Waals surface area contributed by atoms with Crippen molar-refractivity contribution in [2.24, 2.45) is 4.99 Å². The zero-order valence-corrected chi connectivity index (χ0v) is 18.6. The molecule has 8 heteroatoms. The number of esters is 1. The summed E-state index contributed by atoms with van der Waals surface area (Å²) in [5.41, 5.74) is 3.35. The summed E-state index contributed by atoms with van der Waals surface area (Å²) in [6, 6.07) is 8.98. The van der Waals surface area contributed by atoms with Gasteiger partial charge in [0, 0.05) is 25.3 Å². The zero-order chi connectivity index (χ0) is 22.1. The van der Waals surface area contributed by atoms with E-state index in [-0.39, 0.29) is 12.2 Å². The fourth-order valence-corrected chi connectivity index (χ4v) is 4.62. The van der Waals surface area contributed by atoms with Crippen molar-refractivity contribution in [3.63, 3.8) is 0 Å². The molecule has 2 aromatic heterocycles. The standard InChI is InChI=1S/C23H23N3O4S/c1-5-30-22(28)19-14(2)24-23-26(20(19)16-6-8-17(9-7-16)25(3)4)21(27)18(31-23)12-15-10-11-29-13-15/h6-13,20H,5H2,1-4H3/b18-12+/t20-/m1/s1. The van der Waals surface area contributed by atoms with Crippen LogP contribution < -0.4 is 19.8 Å². The maximum Gasteiger partial charge on any atom is 0.338 e. The number of benzene rings is 1. The van der Waals surface area contributed by atoms with Gasteiger partial charge in [-0.15, -0.1) is 0 Å². The maximum atomic E-state index is 13.4. The first-order valence-electron chi connectivity index (χ1n) is 9.90. The molecule has 0 fully saturated rings. The van der Waals surface area contributed by atoms with Crippen LogP contribution >= 0.6 is 11.3 Å².